The highest BCUT2D eigenvalue weighted by Gasteiger charge is 2.43. The molecule has 30 heavy (non-hydrogen) atoms. The largest absolute Gasteiger partial charge is 0.491 e. The molecule has 3 rings (SSSR count). The number of halogens is 1. The van der Waals surface area contributed by atoms with E-state index in [0.717, 1.165) is 19.3 Å². The summed E-state index contributed by atoms with van der Waals surface area (Å²) in [6.45, 7) is 0.732. The van der Waals surface area contributed by atoms with E-state index in [-0.39, 0.29) is 31.0 Å². The lowest BCUT2D eigenvalue weighted by Gasteiger charge is -2.21. The molecular weight excluding hydrogens is 408 g/mol. The minimum atomic E-state index is -0.786. The molecule has 0 bridgehead atoms. The molecule has 2 fully saturated rings. The first-order valence-corrected chi connectivity index (χ1v) is 11.1. The normalized spacial score (nSPS) is 30.0. The number of benzene rings is 1. The van der Waals surface area contributed by atoms with Gasteiger partial charge in [-0.2, -0.15) is 0 Å². The molecule has 3 N–H and O–H groups in total. The number of carbonyl (C=O) groups is 1. The Labute approximate surface area is 182 Å². The van der Waals surface area contributed by atoms with E-state index >= 15 is 0 Å². The number of rotatable bonds is 9. The van der Waals surface area contributed by atoms with Gasteiger partial charge in [0.2, 0.25) is 0 Å². The number of hydrogen-bond acceptors (Lipinski definition) is 5. The van der Waals surface area contributed by atoms with Crippen molar-refractivity contribution in [2.75, 3.05) is 13.2 Å². The quantitative estimate of drug-likeness (QED) is 0.509. The maximum Gasteiger partial charge on any atom is 0.303 e. The van der Waals surface area contributed by atoms with Crippen LogP contribution in [0.3, 0.4) is 0 Å². The van der Waals surface area contributed by atoms with E-state index in [1.807, 2.05) is 6.08 Å². The van der Waals surface area contributed by atoms with Crippen molar-refractivity contribution in [3.05, 3.63) is 41.4 Å². The van der Waals surface area contributed by atoms with E-state index in [1.165, 1.54) is 0 Å². The highest BCUT2D eigenvalue weighted by molar-refractivity contribution is 6.30. The van der Waals surface area contributed by atoms with Gasteiger partial charge in [0, 0.05) is 30.4 Å². The Morgan fingerprint density at radius 1 is 1.37 bits per heavy atom. The molecule has 2 aliphatic rings. The van der Waals surface area contributed by atoms with Gasteiger partial charge in [-0.25, -0.2) is 0 Å². The fourth-order valence-electron chi connectivity index (χ4n) is 4.54. The molecule has 0 aromatic heterocycles. The zero-order valence-corrected chi connectivity index (χ0v) is 17.8. The molecule has 6 nitrogen and oxygen atoms in total. The van der Waals surface area contributed by atoms with Crippen molar-refractivity contribution in [3.63, 3.8) is 0 Å². The van der Waals surface area contributed by atoms with E-state index in [0.29, 0.717) is 36.1 Å². The number of carboxylic acids is 1. The van der Waals surface area contributed by atoms with Gasteiger partial charge < -0.3 is 24.8 Å². The Kier molecular flexibility index (Phi) is 8.57. The molecule has 1 heterocycles. The number of ether oxygens (including phenoxy) is 2. The van der Waals surface area contributed by atoms with E-state index in [9.17, 15) is 15.0 Å². The average molecular weight is 439 g/mol. The smallest absolute Gasteiger partial charge is 0.303 e. The van der Waals surface area contributed by atoms with Crippen molar-refractivity contribution in [2.24, 2.45) is 17.8 Å². The molecule has 7 heteroatoms. The Balaban J connectivity index is 1.49. The second-order valence-electron chi connectivity index (χ2n) is 8.37. The predicted molar refractivity (Wildman–Crippen MR) is 114 cm³/mol. The molecule has 6 atom stereocenters. The number of aliphatic carboxylic acids is 1. The summed E-state index contributed by atoms with van der Waals surface area (Å²) in [5.74, 6) is 0.360. The lowest BCUT2D eigenvalue weighted by Crippen LogP contribution is -2.22. The van der Waals surface area contributed by atoms with Crippen molar-refractivity contribution in [2.45, 2.75) is 56.8 Å². The predicted octanol–water partition coefficient (Wildman–Crippen LogP) is 3.68. The van der Waals surface area contributed by atoms with Crippen LogP contribution in [0.4, 0.5) is 0 Å². The van der Waals surface area contributed by atoms with Crippen LogP contribution in [0.15, 0.2) is 36.4 Å². The summed E-state index contributed by atoms with van der Waals surface area (Å²) in [5, 5.41) is 30.2. The first kappa shape index (κ1) is 23.1. The highest BCUT2D eigenvalue weighted by atomic mass is 35.5. The number of aliphatic hydroxyl groups excluding tert-OH is 2. The van der Waals surface area contributed by atoms with Gasteiger partial charge in [-0.1, -0.05) is 29.8 Å². The maximum absolute atomic E-state index is 10.7. The van der Waals surface area contributed by atoms with Crippen LogP contribution < -0.4 is 4.74 Å². The molecule has 0 radical (unpaired) electrons. The molecule has 1 saturated carbocycles. The molecule has 1 aromatic carbocycles. The second kappa shape index (κ2) is 11.1. The minimum Gasteiger partial charge on any atom is -0.491 e. The Bertz CT molecular complexity index is 723. The molecule has 0 spiro atoms. The summed E-state index contributed by atoms with van der Waals surface area (Å²) in [6, 6.07) is 7.02. The fraction of sp³-hybridized carbons (Fsp3) is 0.609. The number of carboxylic acid groups (broad SMARTS) is 1. The summed E-state index contributed by atoms with van der Waals surface area (Å²) in [6.07, 6.45) is 6.55. The van der Waals surface area contributed by atoms with Crippen molar-refractivity contribution in [1.29, 1.82) is 0 Å². The maximum atomic E-state index is 10.7. The molecule has 1 aliphatic carbocycles. The third-order valence-electron chi connectivity index (χ3n) is 6.12. The van der Waals surface area contributed by atoms with Gasteiger partial charge in [0.15, 0.2) is 0 Å². The van der Waals surface area contributed by atoms with Crippen molar-refractivity contribution in [1.82, 2.24) is 0 Å². The highest BCUT2D eigenvalue weighted by Crippen LogP contribution is 2.42. The van der Waals surface area contributed by atoms with Crippen LogP contribution in [-0.4, -0.2) is 52.8 Å². The van der Waals surface area contributed by atoms with Crippen molar-refractivity contribution in [3.8, 4) is 5.75 Å². The topological polar surface area (TPSA) is 96.2 Å². The minimum absolute atomic E-state index is 0.0129. The zero-order chi connectivity index (χ0) is 21.5. The van der Waals surface area contributed by atoms with E-state index in [4.69, 9.17) is 26.2 Å². The Morgan fingerprint density at radius 2 is 2.20 bits per heavy atom. The standard InChI is InChI=1S/C23H31ClO6/c24-16-4-2-5-18(11-16)29-14-17(25)8-10-19-20-9-7-15(3-1-6-23(27)28)13-30-22(20)12-21(19)26/h2,4-5,8,10-11,15,17,19-22,25-26H,1,3,6-7,9,12-14H2,(H,27,28)/b10-8+/t15-,17?,19+,20+,21+,22-/m0/s1. The first-order chi connectivity index (χ1) is 14.4. The van der Waals surface area contributed by atoms with Gasteiger partial charge in [-0.3, -0.25) is 4.79 Å². The molecule has 1 unspecified atom stereocenters. The summed E-state index contributed by atoms with van der Waals surface area (Å²) < 4.78 is 11.7. The molecule has 1 aromatic rings. The molecule has 1 saturated heterocycles. The Morgan fingerprint density at radius 3 is 2.97 bits per heavy atom. The van der Waals surface area contributed by atoms with E-state index < -0.39 is 18.2 Å². The van der Waals surface area contributed by atoms with Gasteiger partial charge >= 0.3 is 5.97 Å². The average Bonchev–Trinajstić information content (AvgIpc) is 2.86. The molecule has 1 aliphatic heterocycles. The lowest BCUT2D eigenvalue weighted by molar-refractivity contribution is -0.137. The third kappa shape index (κ3) is 6.71. The van der Waals surface area contributed by atoms with Gasteiger partial charge in [-0.05, 0) is 55.7 Å². The zero-order valence-electron chi connectivity index (χ0n) is 17.0. The summed E-state index contributed by atoms with van der Waals surface area (Å²) in [5.41, 5.74) is 0. The summed E-state index contributed by atoms with van der Waals surface area (Å²) in [4.78, 5) is 10.7. The van der Waals surface area contributed by atoms with Crippen LogP contribution in [0, 0.1) is 17.8 Å². The molecule has 0 amide bonds. The summed E-state index contributed by atoms with van der Waals surface area (Å²) >= 11 is 5.93. The van der Waals surface area contributed by atoms with E-state index in [2.05, 4.69) is 0 Å². The lowest BCUT2D eigenvalue weighted by atomic mass is 9.86. The van der Waals surface area contributed by atoms with Crippen molar-refractivity contribution < 1.29 is 29.6 Å². The van der Waals surface area contributed by atoms with E-state index in [1.54, 1.807) is 30.3 Å². The van der Waals surface area contributed by atoms with Gasteiger partial charge in [0.1, 0.15) is 18.5 Å². The van der Waals surface area contributed by atoms with Crippen LogP contribution in [0.1, 0.15) is 38.5 Å². The monoisotopic (exact) mass is 438 g/mol. The number of aliphatic hydroxyl groups is 2. The first-order valence-electron chi connectivity index (χ1n) is 10.7. The number of hydrogen-bond donors (Lipinski definition) is 3. The van der Waals surface area contributed by atoms with Crippen LogP contribution in [0.2, 0.25) is 5.02 Å². The van der Waals surface area contributed by atoms with Gasteiger partial charge in [0.05, 0.1) is 12.2 Å². The SMILES string of the molecule is O=C(O)CCC[C@H]1CC[C@@H]2[C@@H](/C=C/C(O)COc3cccc(Cl)c3)[C@H](O)C[C@@H]2OC1. The van der Waals surface area contributed by atoms with Crippen LogP contribution in [0.25, 0.3) is 0 Å². The van der Waals surface area contributed by atoms with Crippen LogP contribution in [0.5, 0.6) is 5.75 Å². The van der Waals surface area contributed by atoms with Gasteiger partial charge in [-0.15, -0.1) is 0 Å². The van der Waals surface area contributed by atoms with Gasteiger partial charge in [0.25, 0.3) is 0 Å². The summed E-state index contributed by atoms with van der Waals surface area (Å²) in [7, 11) is 0. The van der Waals surface area contributed by atoms with Crippen molar-refractivity contribution >= 4 is 17.6 Å². The number of fused-ring (bicyclic) bond motifs is 1. The fourth-order valence-corrected chi connectivity index (χ4v) is 4.72. The molecule has 166 valence electrons. The van der Waals surface area contributed by atoms with Crippen LogP contribution >= 0.6 is 11.6 Å². The third-order valence-corrected chi connectivity index (χ3v) is 6.35. The second-order valence-corrected chi connectivity index (χ2v) is 8.80. The Hall–Kier alpha value is -1.60. The van der Waals surface area contributed by atoms with Crippen LogP contribution in [-0.2, 0) is 9.53 Å². The molecular formula is C23H31ClO6.